The first-order chi connectivity index (χ1) is 23.5. The standard InChI is InChI=1S/C36H31ClFN3O8/c1-49-27-4-2-3-24(31(27)44)30-22-13-14-23-29(34(47)40(32(23)45)16-15-28(42)43)25(22)17-26-33(46)41(39-21-11-9-20(38)10-12-21)35(48)36(26,30)18-5-7-19(37)8-6-18/h2-13,23,25-26,29-30,39,44H,14-17H2,1H3,(H,42,43)/t23-,25+,26-,29-,30+,36+/m0/s1. The Bertz CT molecular complexity index is 1930. The van der Waals surface area contributed by atoms with Crippen molar-refractivity contribution < 1.29 is 43.3 Å². The highest BCUT2D eigenvalue weighted by molar-refractivity contribution is 6.30. The van der Waals surface area contributed by atoms with Gasteiger partial charge in [-0.15, -0.1) is 0 Å². The Hall–Kier alpha value is -5.23. The fraction of sp³-hybridized carbons (Fsp3) is 0.306. The number of carbonyl (C=O) groups is 5. The molecule has 11 nitrogen and oxygen atoms in total. The first-order valence-corrected chi connectivity index (χ1v) is 16.2. The fourth-order valence-corrected chi connectivity index (χ4v) is 8.56. The number of benzene rings is 3. The van der Waals surface area contributed by atoms with Crippen molar-refractivity contribution in [3.63, 3.8) is 0 Å². The number of carboxylic acid groups (broad SMARTS) is 1. The van der Waals surface area contributed by atoms with Crippen molar-refractivity contribution in [1.82, 2.24) is 9.91 Å². The van der Waals surface area contributed by atoms with Crippen LogP contribution in [0.15, 0.2) is 78.4 Å². The number of anilines is 1. The number of methoxy groups -OCH3 is 1. The lowest BCUT2D eigenvalue weighted by Gasteiger charge is -2.50. The van der Waals surface area contributed by atoms with Crippen molar-refractivity contribution in [3.8, 4) is 11.5 Å². The molecule has 0 aromatic heterocycles. The highest BCUT2D eigenvalue weighted by atomic mass is 35.5. The zero-order valence-electron chi connectivity index (χ0n) is 26.1. The molecule has 13 heteroatoms. The summed E-state index contributed by atoms with van der Waals surface area (Å²) in [6, 6.07) is 16.5. The van der Waals surface area contributed by atoms with Crippen LogP contribution in [0.5, 0.6) is 11.5 Å². The second-order valence-corrected chi connectivity index (χ2v) is 13.2. The van der Waals surface area contributed by atoms with Crippen molar-refractivity contribution in [3.05, 3.63) is 100 Å². The van der Waals surface area contributed by atoms with Gasteiger partial charge < -0.3 is 14.9 Å². The molecule has 3 aromatic rings. The summed E-state index contributed by atoms with van der Waals surface area (Å²) in [6.07, 6.45) is 1.53. The van der Waals surface area contributed by atoms with E-state index in [-0.39, 0.29) is 42.1 Å². The number of nitrogens with zero attached hydrogens (tertiary/aromatic N) is 2. The van der Waals surface area contributed by atoms with E-state index in [0.717, 1.165) is 9.91 Å². The number of fused-ring (bicyclic) bond motifs is 4. The maximum atomic E-state index is 15.1. The van der Waals surface area contributed by atoms with E-state index in [1.807, 2.05) is 6.08 Å². The summed E-state index contributed by atoms with van der Waals surface area (Å²) in [7, 11) is 1.39. The van der Waals surface area contributed by atoms with Gasteiger partial charge in [0.2, 0.25) is 11.8 Å². The molecule has 1 saturated carbocycles. The van der Waals surface area contributed by atoms with Gasteiger partial charge in [0.15, 0.2) is 11.5 Å². The minimum Gasteiger partial charge on any atom is -0.504 e. The number of aliphatic carboxylic acids is 1. The van der Waals surface area contributed by atoms with E-state index < -0.39 is 76.8 Å². The van der Waals surface area contributed by atoms with Crippen molar-refractivity contribution in [2.45, 2.75) is 30.6 Å². The Morgan fingerprint density at radius 1 is 1.00 bits per heavy atom. The third-order valence-corrected chi connectivity index (χ3v) is 10.7. The molecule has 4 amide bonds. The number of nitrogens with one attached hydrogen (secondary N) is 1. The molecule has 3 N–H and O–H groups in total. The summed E-state index contributed by atoms with van der Waals surface area (Å²) in [6.45, 7) is -0.285. The normalized spacial score (nSPS) is 27.4. The number of phenols is 1. The number of aromatic hydroxyl groups is 1. The molecule has 2 saturated heterocycles. The Balaban J connectivity index is 1.45. The number of hydrogen-bond acceptors (Lipinski definition) is 8. The molecule has 0 unspecified atom stereocenters. The van der Waals surface area contributed by atoms with E-state index in [0.29, 0.717) is 16.2 Å². The first-order valence-electron chi connectivity index (χ1n) is 15.8. The topological polar surface area (TPSA) is 154 Å². The lowest BCUT2D eigenvalue weighted by molar-refractivity contribution is -0.143. The number of likely N-dealkylation sites (tertiary alicyclic amines) is 1. The largest absolute Gasteiger partial charge is 0.504 e. The second-order valence-electron chi connectivity index (χ2n) is 12.7. The zero-order chi connectivity index (χ0) is 34.8. The van der Waals surface area contributed by atoms with Crippen molar-refractivity contribution >= 4 is 46.9 Å². The second kappa shape index (κ2) is 12.0. The molecule has 0 bridgehead atoms. The minimum atomic E-state index is -1.68. The van der Waals surface area contributed by atoms with Gasteiger partial charge in [-0.05, 0) is 66.8 Å². The van der Waals surface area contributed by atoms with Gasteiger partial charge in [-0.3, -0.25) is 34.3 Å². The van der Waals surface area contributed by atoms with Crippen molar-refractivity contribution in [2.24, 2.45) is 23.7 Å². The monoisotopic (exact) mass is 687 g/mol. The van der Waals surface area contributed by atoms with E-state index in [9.17, 15) is 33.8 Å². The number of amides is 4. The molecule has 3 aromatic carbocycles. The van der Waals surface area contributed by atoms with Crippen molar-refractivity contribution in [1.29, 1.82) is 0 Å². The number of phenolic OH excluding ortho intramolecular Hbond substituents is 1. The molecule has 2 heterocycles. The number of allylic oxidation sites excluding steroid dienone is 2. The van der Waals surface area contributed by atoms with Gasteiger partial charge >= 0.3 is 5.97 Å². The molecule has 49 heavy (non-hydrogen) atoms. The fourth-order valence-electron chi connectivity index (χ4n) is 8.43. The molecular weight excluding hydrogens is 657 g/mol. The van der Waals surface area contributed by atoms with Gasteiger partial charge in [0, 0.05) is 23.0 Å². The summed E-state index contributed by atoms with van der Waals surface area (Å²) >= 11 is 6.30. The van der Waals surface area contributed by atoms with E-state index in [1.165, 1.54) is 31.4 Å². The highest BCUT2D eigenvalue weighted by Gasteiger charge is 2.70. The highest BCUT2D eigenvalue weighted by Crippen LogP contribution is 2.65. The molecule has 4 aliphatic rings. The number of hydrazine groups is 1. The van der Waals surface area contributed by atoms with Gasteiger partial charge in [0.25, 0.3) is 11.8 Å². The van der Waals surface area contributed by atoms with E-state index in [4.69, 9.17) is 16.3 Å². The van der Waals surface area contributed by atoms with E-state index in [1.54, 1.807) is 42.5 Å². The van der Waals surface area contributed by atoms with Gasteiger partial charge in [0.1, 0.15) is 5.82 Å². The molecule has 0 spiro atoms. The number of carbonyl (C=O) groups excluding carboxylic acids is 4. The Morgan fingerprint density at radius 2 is 1.71 bits per heavy atom. The Morgan fingerprint density at radius 3 is 2.39 bits per heavy atom. The summed E-state index contributed by atoms with van der Waals surface area (Å²) < 4.78 is 19.2. The first kappa shape index (κ1) is 32.3. The van der Waals surface area contributed by atoms with Gasteiger partial charge in [-0.1, -0.05) is 47.5 Å². The number of hydrogen-bond donors (Lipinski definition) is 3. The van der Waals surface area contributed by atoms with Crippen LogP contribution in [0, 0.1) is 29.5 Å². The van der Waals surface area contributed by atoms with Gasteiger partial charge in [-0.25, -0.2) is 4.39 Å². The van der Waals surface area contributed by atoms with E-state index >= 15 is 4.79 Å². The van der Waals surface area contributed by atoms with Crippen LogP contribution in [-0.4, -0.2) is 63.4 Å². The third kappa shape index (κ3) is 4.87. The quantitative estimate of drug-likeness (QED) is 0.227. The number of halogens is 2. The predicted molar refractivity (Wildman–Crippen MR) is 173 cm³/mol. The van der Waals surface area contributed by atoms with E-state index in [2.05, 4.69) is 5.43 Å². The third-order valence-electron chi connectivity index (χ3n) is 10.5. The molecule has 7 rings (SSSR count). The number of imide groups is 2. The molecule has 0 radical (unpaired) electrons. The number of carboxylic acids is 1. The minimum absolute atomic E-state index is 0.00514. The number of rotatable bonds is 8. The molecule has 252 valence electrons. The summed E-state index contributed by atoms with van der Waals surface area (Å²) in [5.74, 6) is -8.60. The van der Waals surface area contributed by atoms with Crippen LogP contribution in [0.1, 0.15) is 36.3 Å². The maximum Gasteiger partial charge on any atom is 0.305 e. The molecule has 6 atom stereocenters. The molecule has 2 aliphatic carbocycles. The van der Waals surface area contributed by atoms with Crippen LogP contribution in [-0.2, 0) is 29.4 Å². The number of para-hydroxylation sites is 1. The van der Waals surface area contributed by atoms with Crippen LogP contribution in [0.2, 0.25) is 5.02 Å². The average Bonchev–Trinajstić information content (AvgIpc) is 3.45. The van der Waals surface area contributed by atoms with Gasteiger partial charge in [-0.2, -0.15) is 5.01 Å². The van der Waals surface area contributed by atoms with Crippen LogP contribution in [0.4, 0.5) is 10.1 Å². The van der Waals surface area contributed by atoms with Crippen LogP contribution in [0.3, 0.4) is 0 Å². The van der Waals surface area contributed by atoms with Crippen LogP contribution in [0.25, 0.3) is 0 Å². The molecule has 2 aliphatic heterocycles. The average molecular weight is 688 g/mol. The Kier molecular flexibility index (Phi) is 7.93. The predicted octanol–water partition coefficient (Wildman–Crippen LogP) is 4.65. The van der Waals surface area contributed by atoms with Crippen LogP contribution >= 0.6 is 11.6 Å². The van der Waals surface area contributed by atoms with Gasteiger partial charge in [0.05, 0.1) is 42.4 Å². The summed E-state index contributed by atoms with van der Waals surface area (Å²) in [5.41, 5.74) is 2.78. The summed E-state index contributed by atoms with van der Waals surface area (Å²) in [5, 5.41) is 22.2. The zero-order valence-corrected chi connectivity index (χ0v) is 26.9. The maximum absolute atomic E-state index is 15.1. The lowest BCUT2D eigenvalue weighted by Crippen LogP contribution is -2.53. The lowest BCUT2D eigenvalue weighted by atomic mass is 9.49. The molecular formula is C36H31ClFN3O8. The summed E-state index contributed by atoms with van der Waals surface area (Å²) in [4.78, 5) is 69.6. The van der Waals surface area contributed by atoms with Crippen molar-refractivity contribution in [2.75, 3.05) is 19.1 Å². The number of ether oxygens (including phenoxy) is 1. The molecule has 3 fully saturated rings. The smallest absolute Gasteiger partial charge is 0.305 e. The Labute approximate surface area is 284 Å². The van der Waals surface area contributed by atoms with Crippen LogP contribution < -0.4 is 10.2 Å². The SMILES string of the molecule is COc1cccc([C@H]2C3=CC[C@@H]4C(=O)N(CCC(=O)O)C(=O)[C@@H]4[C@@H]3C[C@H]3C(=O)N(Nc4ccc(F)cc4)C(=O)[C@@]23c2ccc(Cl)cc2)c1O.